The van der Waals surface area contributed by atoms with Crippen molar-refractivity contribution in [3.8, 4) is 5.75 Å². The van der Waals surface area contributed by atoms with E-state index < -0.39 is 0 Å². The molecule has 0 spiro atoms. The number of hydrogen-bond donors (Lipinski definition) is 2. The van der Waals surface area contributed by atoms with E-state index in [1.54, 1.807) is 0 Å². The molecule has 2 aromatic carbocycles. The molecule has 0 bridgehead atoms. The standard InChI is InChI=1S/C24H32N4O2.HI/c1-2-26-24(28-13-7-10-20(17-28)15-23(25)29)27-16-19-8-6-9-21(14-19)18-30-22-11-4-3-5-12-22;/h3-6,8-9,11-12,14,20H,2,7,10,13,15-18H2,1H3,(H2,25,29)(H,26,27);1H. The van der Waals surface area contributed by atoms with Crippen LogP contribution in [0.2, 0.25) is 0 Å². The lowest BCUT2D eigenvalue weighted by Gasteiger charge is -2.34. The van der Waals surface area contributed by atoms with Crippen molar-refractivity contribution in [2.75, 3.05) is 19.6 Å². The average Bonchev–Trinajstić information content (AvgIpc) is 2.76. The highest BCUT2D eigenvalue weighted by atomic mass is 127. The first-order valence-corrected chi connectivity index (χ1v) is 10.7. The van der Waals surface area contributed by atoms with E-state index >= 15 is 0 Å². The summed E-state index contributed by atoms with van der Waals surface area (Å²) in [4.78, 5) is 18.4. The molecule has 168 valence electrons. The number of likely N-dealkylation sites (tertiary alicyclic amines) is 1. The van der Waals surface area contributed by atoms with Crippen LogP contribution in [0.5, 0.6) is 5.75 Å². The van der Waals surface area contributed by atoms with Gasteiger partial charge in [0.05, 0.1) is 6.54 Å². The van der Waals surface area contributed by atoms with Crippen molar-refractivity contribution >= 4 is 35.8 Å². The Morgan fingerprint density at radius 1 is 1.19 bits per heavy atom. The summed E-state index contributed by atoms with van der Waals surface area (Å²) >= 11 is 0. The fourth-order valence-corrected chi connectivity index (χ4v) is 3.80. The number of halogens is 1. The molecule has 0 aromatic heterocycles. The van der Waals surface area contributed by atoms with Gasteiger partial charge in [-0.05, 0) is 48.9 Å². The Hall–Kier alpha value is -2.29. The molecule has 1 amide bonds. The summed E-state index contributed by atoms with van der Waals surface area (Å²) in [5, 5.41) is 3.39. The van der Waals surface area contributed by atoms with Crippen molar-refractivity contribution in [2.24, 2.45) is 16.6 Å². The van der Waals surface area contributed by atoms with Gasteiger partial charge in [0.25, 0.3) is 0 Å². The van der Waals surface area contributed by atoms with E-state index in [9.17, 15) is 4.79 Å². The molecular weight excluding hydrogens is 503 g/mol. The zero-order valence-corrected chi connectivity index (χ0v) is 20.5. The van der Waals surface area contributed by atoms with E-state index in [2.05, 4.69) is 35.3 Å². The zero-order chi connectivity index (χ0) is 21.2. The summed E-state index contributed by atoms with van der Waals surface area (Å²) in [5.41, 5.74) is 7.67. The third-order valence-electron chi connectivity index (χ3n) is 5.19. The molecule has 6 nitrogen and oxygen atoms in total. The van der Waals surface area contributed by atoms with Crippen LogP contribution in [-0.4, -0.2) is 36.4 Å². The Morgan fingerprint density at radius 3 is 2.71 bits per heavy atom. The SMILES string of the molecule is CCNC(=NCc1cccc(COc2ccccc2)c1)N1CCCC(CC(N)=O)C1.I. The normalized spacial score (nSPS) is 16.4. The molecule has 7 heteroatoms. The second-order valence-corrected chi connectivity index (χ2v) is 7.72. The summed E-state index contributed by atoms with van der Waals surface area (Å²) in [6.07, 6.45) is 2.54. The fraction of sp³-hybridized carbons (Fsp3) is 0.417. The predicted molar refractivity (Wildman–Crippen MR) is 136 cm³/mol. The van der Waals surface area contributed by atoms with Gasteiger partial charge in [-0.1, -0.05) is 42.5 Å². The summed E-state index contributed by atoms with van der Waals surface area (Å²) in [6.45, 7) is 5.77. The maximum absolute atomic E-state index is 11.3. The summed E-state index contributed by atoms with van der Waals surface area (Å²) in [5.74, 6) is 1.85. The molecule has 2 aromatic rings. The topological polar surface area (TPSA) is 80.0 Å². The Labute approximate surface area is 202 Å². The summed E-state index contributed by atoms with van der Waals surface area (Å²) < 4.78 is 5.86. The molecule has 1 aliphatic heterocycles. The number of nitrogens with two attached hydrogens (primary N) is 1. The first kappa shape index (κ1) is 25.0. The largest absolute Gasteiger partial charge is 0.489 e. The van der Waals surface area contributed by atoms with Gasteiger partial charge in [-0.3, -0.25) is 4.79 Å². The molecule has 31 heavy (non-hydrogen) atoms. The van der Waals surface area contributed by atoms with Crippen molar-refractivity contribution in [1.82, 2.24) is 10.2 Å². The van der Waals surface area contributed by atoms with Gasteiger partial charge in [-0.25, -0.2) is 4.99 Å². The number of benzene rings is 2. The second-order valence-electron chi connectivity index (χ2n) is 7.72. The molecule has 1 saturated heterocycles. The highest BCUT2D eigenvalue weighted by Crippen LogP contribution is 2.20. The third kappa shape index (κ3) is 8.40. The van der Waals surface area contributed by atoms with Gasteiger partial charge in [0.15, 0.2) is 5.96 Å². The van der Waals surface area contributed by atoms with Crippen molar-refractivity contribution < 1.29 is 9.53 Å². The van der Waals surface area contributed by atoms with Crippen LogP contribution in [-0.2, 0) is 17.9 Å². The first-order valence-electron chi connectivity index (χ1n) is 10.7. The molecular formula is C24H33IN4O2. The van der Waals surface area contributed by atoms with E-state index in [0.29, 0.717) is 25.5 Å². The van der Waals surface area contributed by atoms with Gasteiger partial charge in [0, 0.05) is 26.1 Å². The Bertz CT molecular complexity index is 844. The number of primary amides is 1. The van der Waals surface area contributed by atoms with Gasteiger partial charge in [-0.2, -0.15) is 0 Å². The minimum Gasteiger partial charge on any atom is -0.489 e. The lowest BCUT2D eigenvalue weighted by molar-refractivity contribution is -0.119. The number of para-hydroxylation sites is 1. The number of nitrogens with one attached hydrogen (secondary N) is 1. The van der Waals surface area contributed by atoms with Crippen molar-refractivity contribution in [3.05, 3.63) is 65.7 Å². The summed E-state index contributed by atoms with van der Waals surface area (Å²) in [6, 6.07) is 18.2. The number of ether oxygens (including phenoxy) is 1. The highest BCUT2D eigenvalue weighted by molar-refractivity contribution is 14.0. The number of piperidine rings is 1. The van der Waals surface area contributed by atoms with E-state index in [0.717, 1.165) is 55.3 Å². The van der Waals surface area contributed by atoms with Crippen LogP contribution in [0.25, 0.3) is 0 Å². The first-order chi connectivity index (χ1) is 14.6. The maximum atomic E-state index is 11.3. The van der Waals surface area contributed by atoms with Crippen LogP contribution in [0.1, 0.15) is 37.3 Å². The quantitative estimate of drug-likeness (QED) is 0.305. The molecule has 0 aliphatic carbocycles. The number of hydrogen-bond acceptors (Lipinski definition) is 3. The van der Waals surface area contributed by atoms with Gasteiger partial charge in [0.2, 0.25) is 5.91 Å². The highest BCUT2D eigenvalue weighted by Gasteiger charge is 2.23. The van der Waals surface area contributed by atoms with E-state index in [-0.39, 0.29) is 29.9 Å². The van der Waals surface area contributed by atoms with Crippen LogP contribution in [0.15, 0.2) is 59.6 Å². The Kier molecular flexibility index (Phi) is 10.6. The molecule has 1 fully saturated rings. The molecule has 1 unspecified atom stereocenters. The lowest BCUT2D eigenvalue weighted by atomic mass is 9.95. The van der Waals surface area contributed by atoms with Crippen molar-refractivity contribution in [1.29, 1.82) is 0 Å². The molecule has 1 aliphatic rings. The third-order valence-corrected chi connectivity index (χ3v) is 5.19. The van der Waals surface area contributed by atoms with E-state index in [1.165, 1.54) is 0 Å². The molecule has 3 rings (SSSR count). The summed E-state index contributed by atoms with van der Waals surface area (Å²) in [7, 11) is 0. The minimum absolute atomic E-state index is 0. The maximum Gasteiger partial charge on any atom is 0.217 e. The lowest BCUT2D eigenvalue weighted by Crippen LogP contribution is -2.47. The van der Waals surface area contributed by atoms with Crippen molar-refractivity contribution in [3.63, 3.8) is 0 Å². The zero-order valence-electron chi connectivity index (χ0n) is 18.1. The van der Waals surface area contributed by atoms with Crippen LogP contribution >= 0.6 is 24.0 Å². The Balaban J connectivity index is 0.00000341. The van der Waals surface area contributed by atoms with Crippen LogP contribution in [0.4, 0.5) is 0 Å². The van der Waals surface area contributed by atoms with E-state index in [1.807, 2.05) is 36.4 Å². The monoisotopic (exact) mass is 536 g/mol. The number of carbonyl (C=O) groups is 1. The van der Waals surface area contributed by atoms with Gasteiger partial charge in [0.1, 0.15) is 12.4 Å². The molecule has 3 N–H and O–H groups in total. The number of rotatable bonds is 8. The van der Waals surface area contributed by atoms with E-state index in [4.69, 9.17) is 15.5 Å². The molecule has 1 heterocycles. The molecule has 1 atom stereocenters. The Morgan fingerprint density at radius 2 is 1.97 bits per heavy atom. The number of aliphatic imine (C=N–C) groups is 1. The number of carbonyl (C=O) groups excluding carboxylic acids is 1. The number of guanidine groups is 1. The van der Waals surface area contributed by atoms with Gasteiger partial charge in [-0.15, -0.1) is 24.0 Å². The predicted octanol–water partition coefficient (Wildman–Crippen LogP) is 3.94. The molecule has 0 saturated carbocycles. The minimum atomic E-state index is -0.224. The van der Waals surface area contributed by atoms with Crippen LogP contribution in [0, 0.1) is 5.92 Å². The van der Waals surface area contributed by atoms with Crippen molar-refractivity contribution in [2.45, 2.75) is 39.3 Å². The van der Waals surface area contributed by atoms with Crippen LogP contribution in [0.3, 0.4) is 0 Å². The van der Waals surface area contributed by atoms with Crippen LogP contribution < -0.4 is 15.8 Å². The fourth-order valence-electron chi connectivity index (χ4n) is 3.80. The smallest absolute Gasteiger partial charge is 0.217 e. The molecule has 0 radical (unpaired) electrons. The number of amides is 1. The van der Waals surface area contributed by atoms with Gasteiger partial charge >= 0.3 is 0 Å². The second kappa shape index (κ2) is 13.2. The number of nitrogens with zero attached hydrogens (tertiary/aromatic N) is 2. The van der Waals surface area contributed by atoms with Gasteiger partial charge < -0.3 is 20.7 Å². The average molecular weight is 536 g/mol.